The number of nitrogens with zero attached hydrogens (tertiary/aromatic N) is 2. The van der Waals surface area contributed by atoms with Crippen molar-refractivity contribution in [2.24, 2.45) is 5.10 Å². The van der Waals surface area contributed by atoms with Crippen molar-refractivity contribution >= 4 is 28.1 Å². The molecule has 4 N–H and O–H groups in total. The summed E-state index contributed by atoms with van der Waals surface area (Å²) < 4.78 is 0. The molecule has 6 nitrogen and oxygen atoms in total. The van der Waals surface area contributed by atoms with E-state index in [-0.39, 0.29) is 2.85 Å². The van der Waals surface area contributed by atoms with Crippen molar-refractivity contribution in [3.63, 3.8) is 0 Å². The zero-order valence-corrected chi connectivity index (χ0v) is 10.6. The van der Waals surface area contributed by atoms with Crippen LogP contribution in [0.15, 0.2) is 40.8 Å². The van der Waals surface area contributed by atoms with Crippen molar-refractivity contribution in [1.29, 1.82) is 0 Å². The van der Waals surface area contributed by atoms with Gasteiger partial charge in [-0.2, -0.15) is 5.10 Å². The summed E-state index contributed by atoms with van der Waals surface area (Å²) in [5, 5.41) is 14.7. The largest absolute Gasteiger partial charge is 0.285 e. The van der Waals surface area contributed by atoms with Crippen LogP contribution in [-0.4, -0.2) is 16.0 Å². The molecule has 0 spiro atoms. The molecular formula is C12H14N6S. The van der Waals surface area contributed by atoms with Crippen LogP contribution >= 0.6 is 11.3 Å². The molecule has 7 heteroatoms. The third-order valence-electron chi connectivity index (χ3n) is 3.00. The molecule has 0 bridgehead atoms. The zero-order valence-electron chi connectivity index (χ0n) is 9.77. The second-order valence-electron chi connectivity index (χ2n) is 4.13. The summed E-state index contributed by atoms with van der Waals surface area (Å²) in [6.07, 6.45) is 0. The molecule has 19 heavy (non-hydrogen) atoms. The highest BCUT2D eigenvalue weighted by Gasteiger charge is 2.13. The van der Waals surface area contributed by atoms with E-state index in [0.717, 1.165) is 32.9 Å². The molecule has 0 amide bonds. The van der Waals surface area contributed by atoms with E-state index in [1.54, 1.807) is 11.3 Å². The first-order chi connectivity index (χ1) is 9.42. The Balaban J connectivity index is 0.000000807. The monoisotopic (exact) mass is 274 g/mol. The van der Waals surface area contributed by atoms with Crippen molar-refractivity contribution in [1.82, 2.24) is 26.7 Å². The minimum Gasteiger partial charge on any atom is -0.285 e. The Morgan fingerprint density at radius 3 is 3.00 bits per heavy atom. The summed E-state index contributed by atoms with van der Waals surface area (Å²) >= 11 is 1.68. The number of rotatable bonds is 2. The molecule has 0 saturated carbocycles. The Bertz CT molecular complexity index is 767. The van der Waals surface area contributed by atoms with E-state index in [0.29, 0.717) is 0 Å². The molecule has 4 rings (SSSR count). The molecule has 3 aromatic rings. The summed E-state index contributed by atoms with van der Waals surface area (Å²) in [6, 6.07) is 10.2. The number of H-pyrrole nitrogens is 1. The Morgan fingerprint density at radius 1 is 1.21 bits per heavy atom. The fourth-order valence-corrected chi connectivity index (χ4v) is 2.83. The number of hydrazone groups is 1. The molecule has 0 saturated heterocycles. The molecule has 0 radical (unpaired) electrons. The van der Waals surface area contributed by atoms with Gasteiger partial charge in [-0.15, -0.1) is 22.0 Å². The standard InChI is InChI=1S/C12H10N6S.2H2/c1-2-10(19-5-1)11-8-6-7(12-15-17-18-16-12)3-4-9(8)13-14-11;;/h1-6,17-18H,(H,13,14)(H,15,16);2*1H. The Morgan fingerprint density at radius 2 is 2.21 bits per heavy atom. The third kappa shape index (κ3) is 1.67. The van der Waals surface area contributed by atoms with Gasteiger partial charge in [0, 0.05) is 13.8 Å². The van der Waals surface area contributed by atoms with E-state index in [1.165, 1.54) is 0 Å². The van der Waals surface area contributed by atoms with Crippen LogP contribution in [0.4, 0.5) is 0 Å². The number of hydrogen-bond donors (Lipinski definition) is 4. The maximum absolute atomic E-state index is 4.40. The maximum Gasteiger partial charge on any atom is 0.170 e. The predicted molar refractivity (Wildman–Crippen MR) is 79.6 cm³/mol. The molecule has 3 heterocycles. The lowest BCUT2D eigenvalue weighted by atomic mass is 10.1. The quantitative estimate of drug-likeness (QED) is 0.577. The van der Waals surface area contributed by atoms with Crippen LogP contribution in [0.25, 0.3) is 21.5 Å². The van der Waals surface area contributed by atoms with Crippen LogP contribution < -0.4 is 16.5 Å². The van der Waals surface area contributed by atoms with E-state index in [9.17, 15) is 0 Å². The number of hydrogen-bond acceptors (Lipinski definition) is 6. The second-order valence-corrected chi connectivity index (χ2v) is 5.08. The van der Waals surface area contributed by atoms with Crippen molar-refractivity contribution < 1.29 is 2.85 Å². The SMILES string of the molecule is [HH].[HH].c1csc(-c2n[nH]c3ccc(C4=NNNN4)cc23)c1. The fraction of sp³-hybridized carbons (Fsp3) is 0. The summed E-state index contributed by atoms with van der Waals surface area (Å²) in [5.41, 5.74) is 11.3. The second kappa shape index (κ2) is 4.08. The van der Waals surface area contributed by atoms with Crippen LogP contribution in [0.1, 0.15) is 8.42 Å². The first kappa shape index (κ1) is 10.5. The minimum absolute atomic E-state index is 0. The number of fused-ring (bicyclic) bond motifs is 1. The minimum atomic E-state index is 0. The molecule has 98 valence electrons. The smallest absolute Gasteiger partial charge is 0.170 e. The average molecular weight is 274 g/mol. The number of amidine groups is 1. The first-order valence-electron chi connectivity index (χ1n) is 5.78. The highest BCUT2D eigenvalue weighted by Crippen LogP contribution is 2.30. The molecule has 0 atom stereocenters. The summed E-state index contributed by atoms with van der Waals surface area (Å²) in [7, 11) is 0. The van der Waals surface area contributed by atoms with E-state index < -0.39 is 0 Å². The van der Waals surface area contributed by atoms with Crippen molar-refractivity contribution in [3.8, 4) is 10.6 Å². The van der Waals surface area contributed by atoms with E-state index in [4.69, 9.17) is 0 Å². The molecule has 1 aromatic carbocycles. The zero-order chi connectivity index (χ0) is 12.7. The number of thiophene rings is 1. The van der Waals surface area contributed by atoms with E-state index >= 15 is 0 Å². The number of benzene rings is 1. The van der Waals surface area contributed by atoms with Gasteiger partial charge in [-0.05, 0) is 29.6 Å². The topological polar surface area (TPSA) is 77.1 Å². The molecule has 1 aliphatic rings. The molecule has 0 unspecified atom stereocenters. The summed E-state index contributed by atoms with van der Waals surface area (Å²) in [5.74, 6) is 0.764. The van der Waals surface area contributed by atoms with Gasteiger partial charge in [-0.1, -0.05) is 6.07 Å². The predicted octanol–water partition coefficient (Wildman–Crippen LogP) is 2.06. The van der Waals surface area contributed by atoms with Crippen molar-refractivity contribution in [3.05, 3.63) is 41.3 Å². The van der Waals surface area contributed by atoms with Crippen molar-refractivity contribution in [2.45, 2.75) is 0 Å². The first-order valence-corrected chi connectivity index (χ1v) is 6.66. The lowest BCUT2D eigenvalue weighted by molar-refractivity contribution is 0.577. The van der Waals surface area contributed by atoms with Crippen LogP contribution in [-0.2, 0) is 0 Å². The van der Waals surface area contributed by atoms with E-state index in [2.05, 4.69) is 49.3 Å². The van der Waals surface area contributed by atoms with Crippen LogP contribution in [0.3, 0.4) is 0 Å². The van der Waals surface area contributed by atoms with Gasteiger partial charge in [-0.3, -0.25) is 10.5 Å². The number of nitrogens with one attached hydrogen (secondary N) is 4. The lowest BCUT2D eigenvalue weighted by Crippen LogP contribution is -2.35. The average Bonchev–Trinajstić information content (AvgIpc) is 3.18. The lowest BCUT2D eigenvalue weighted by Gasteiger charge is -2.01. The molecule has 0 fully saturated rings. The van der Waals surface area contributed by atoms with Gasteiger partial charge < -0.3 is 0 Å². The van der Waals surface area contributed by atoms with E-state index in [1.807, 2.05) is 18.2 Å². The molecular weight excluding hydrogens is 260 g/mol. The third-order valence-corrected chi connectivity index (χ3v) is 3.87. The highest BCUT2D eigenvalue weighted by molar-refractivity contribution is 7.13. The molecule has 0 aliphatic carbocycles. The molecule has 2 aromatic heterocycles. The van der Waals surface area contributed by atoms with Gasteiger partial charge in [0.25, 0.3) is 0 Å². The highest BCUT2D eigenvalue weighted by atomic mass is 32.1. The summed E-state index contributed by atoms with van der Waals surface area (Å²) in [6.45, 7) is 0. The van der Waals surface area contributed by atoms with Gasteiger partial charge in [0.15, 0.2) is 5.84 Å². The van der Waals surface area contributed by atoms with Crippen LogP contribution in [0.5, 0.6) is 0 Å². The Hall–Kier alpha value is -2.38. The number of hydrazine groups is 2. The van der Waals surface area contributed by atoms with Gasteiger partial charge in [-0.25, -0.2) is 5.53 Å². The van der Waals surface area contributed by atoms with Gasteiger partial charge in [0.1, 0.15) is 5.69 Å². The molecule has 1 aliphatic heterocycles. The summed E-state index contributed by atoms with van der Waals surface area (Å²) in [4.78, 5) is 1.15. The van der Waals surface area contributed by atoms with Gasteiger partial charge in [0.2, 0.25) is 0 Å². The van der Waals surface area contributed by atoms with Crippen molar-refractivity contribution in [2.75, 3.05) is 0 Å². The van der Waals surface area contributed by atoms with Gasteiger partial charge in [0.05, 0.1) is 10.4 Å². The van der Waals surface area contributed by atoms with Crippen LogP contribution in [0.2, 0.25) is 0 Å². The number of aromatic nitrogens is 2. The number of aromatic amines is 1. The Labute approximate surface area is 115 Å². The van der Waals surface area contributed by atoms with Gasteiger partial charge >= 0.3 is 0 Å². The van der Waals surface area contributed by atoms with Crippen LogP contribution in [0, 0.1) is 0 Å². The Kier molecular flexibility index (Phi) is 2.26. The maximum atomic E-state index is 4.40. The normalized spacial score (nSPS) is 14.2. The fourth-order valence-electron chi connectivity index (χ4n) is 2.10.